The first kappa shape index (κ1) is 11.3. The summed E-state index contributed by atoms with van der Waals surface area (Å²) in [5.74, 6) is -5.74. The molecule has 1 aliphatic heterocycles. The predicted octanol–water partition coefficient (Wildman–Crippen LogP) is 0.427. The number of rotatable bonds is 4. The van der Waals surface area contributed by atoms with E-state index in [4.69, 9.17) is 9.84 Å². The van der Waals surface area contributed by atoms with Crippen molar-refractivity contribution in [3.05, 3.63) is 0 Å². The monoisotopic (exact) mass is 209 g/mol. The molecule has 1 saturated heterocycles. The number of nitrogens with zero attached hydrogens (tertiary/aromatic N) is 1. The normalized spacial score (nSPS) is 24.1. The van der Waals surface area contributed by atoms with E-state index in [1.165, 1.54) is 12.0 Å². The Kier molecular flexibility index (Phi) is 3.38. The van der Waals surface area contributed by atoms with Gasteiger partial charge in [0, 0.05) is 20.2 Å². The number of methoxy groups -OCH3 is 1. The van der Waals surface area contributed by atoms with Crippen LogP contribution in [-0.2, 0) is 9.53 Å². The summed E-state index contributed by atoms with van der Waals surface area (Å²) in [6.07, 6.45) is 0.617. The Labute approximate surface area is 80.4 Å². The van der Waals surface area contributed by atoms with E-state index in [1.807, 2.05) is 0 Å². The molecule has 1 rings (SSSR count). The van der Waals surface area contributed by atoms with E-state index in [-0.39, 0.29) is 6.10 Å². The lowest BCUT2D eigenvalue weighted by molar-refractivity contribution is -0.167. The minimum Gasteiger partial charge on any atom is -0.477 e. The third-order valence-corrected chi connectivity index (χ3v) is 2.30. The number of halogens is 2. The van der Waals surface area contributed by atoms with Crippen LogP contribution in [0.1, 0.15) is 6.42 Å². The van der Waals surface area contributed by atoms with Crippen molar-refractivity contribution in [2.24, 2.45) is 0 Å². The number of carboxylic acids is 1. The Bertz CT molecular complexity index is 223. The molecule has 4 nitrogen and oxygen atoms in total. The van der Waals surface area contributed by atoms with E-state index in [0.29, 0.717) is 19.5 Å². The molecule has 0 spiro atoms. The first-order valence-corrected chi connectivity index (χ1v) is 4.32. The van der Waals surface area contributed by atoms with Crippen LogP contribution in [0.25, 0.3) is 0 Å². The Hall–Kier alpha value is -0.750. The Morgan fingerprint density at radius 3 is 2.79 bits per heavy atom. The van der Waals surface area contributed by atoms with E-state index in [1.54, 1.807) is 0 Å². The highest BCUT2D eigenvalue weighted by Gasteiger charge is 2.42. The summed E-state index contributed by atoms with van der Waals surface area (Å²) in [4.78, 5) is 11.6. The van der Waals surface area contributed by atoms with Crippen LogP contribution in [0.3, 0.4) is 0 Å². The van der Waals surface area contributed by atoms with Crippen LogP contribution >= 0.6 is 0 Å². The zero-order valence-electron chi connectivity index (χ0n) is 7.87. The van der Waals surface area contributed by atoms with E-state index in [0.717, 1.165) is 0 Å². The van der Waals surface area contributed by atoms with Crippen LogP contribution in [0.4, 0.5) is 8.78 Å². The molecule has 1 heterocycles. The van der Waals surface area contributed by atoms with E-state index < -0.39 is 18.4 Å². The zero-order chi connectivity index (χ0) is 10.8. The molecule has 1 aliphatic rings. The summed E-state index contributed by atoms with van der Waals surface area (Å²) in [5, 5.41) is 8.22. The summed E-state index contributed by atoms with van der Waals surface area (Å²) < 4.78 is 30.5. The van der Waals surface area contributed by atoms with Gasteiger partial charge in [0.15, 0.2) is 0 Å². The molecule has 0 unspecified atom stereocenters. The number of carboxylic acid groups (broad SMARTS) is 1. The highest BCUT2D eigenvalue weighted by atomic mass is 19.3. The van der Waals surface area contributed by atoms with Crippen molar-refractivity contribution in [2.45, 2.75) is 18.4 Å². The Morgan fingerprint density at radius 2 is 2.36 bits per heavy atom. The summed E-state index contributed by atoms with van der Waals surface area (Å²) in [6.45, 7) is 0.100. The van der Waals surface area contributed by atoms with Gasteiger partial charge < -0.3 is 9.84 Å². The van der Waals surface area contributed by atoms with E-state index in [2.05, 4.69) is 0 Å². The smallest absolute Gasteiger partial charge is 0.375 e. The van der Waals surface area contributed by atoms with Crippen LogP contribution in [-0.4, -0.2) is 54.7 Å². The molecule has 0 aromatic rings. The third kappa shape index (κ3) is 2.62. The molecule has 0 amide bonds. The maximum Gasteiger partial charge on any atom is 0.375 e. The van der Waals surface area contributed by atoms with E-state index in [9.17, 15) is 13.6 Å². The number of carbonyl (C=O) groups is 1. The highest BCUT2D eigenvalue weighted by molar-refractivity contribution is 5.75. The van der Waals surface area contributed by atoms with Crippen LogP contribution < -0.4 is 0 Å². The molecule has 14 heavy (non-hydrogen) atoms. The molecule has 0 saturated carbocycles. The van der Waals surface area contributed by atoms with Crippen molar-refractivity contribution in [3.8, 4) is 0 Å². The van der Waals surface area contributed by atoms with Crippen molar-refractivity contribution in [1.29, 1.82) is 0 Å². The van der Waals surface area contributed by atoms with Gasteiger partial charge in [-0.1, -0.05) is 0 Å². The largest absolute Gasteiger partial charge is 0.477 e. The second-order valence-corrected chi connectivity index (χ2v) is 3.39. The molecule has 6 heteroatoms. The lowest BCUT2D eigenvalue weighted by atomic mass is 10.3. The molecule has 0 aliphatic carbocycles. The van der Waals surface area contributed by atoms with E-state index >= 15 is 0 Å². The number of aliphatic carboxylic acids is 1. The van der Waals surface area contributed by atoms with Gasteiger partial charge in [0.1, 0.15) is 0 Å². The van der Waals surface area contributed by atoms with Crippen molar-refractivity contribution in [3.63, 3.8) is 0 Å². The minimum atomic E-state index is -3.66. The van der Waals surface area contributed by atoms with Gasteiger partial charge in [-0.25, -0.2) is 4.79 Å². The lowest BCUT2D eigenvalue weighted by Gasteiger charge is -2.19. The van der Waals surface area contributed by atoms with Gasteiger partial charge in [-0.05, 0) is 6.42 Å². The maximum absolute atomic E-state index is 12.7. The molecular weight excluding hydrogens is 196 g/mol. The summed E-state index contributed by atoms with van der Waals surface area (Å²) in [5.41, 5.74) is 0. The molecule has 1 fully saturated rings. The Balaban J connectivity index is 2.42. The Morgan fingerprint density at radius 1 is 1.71 bits per heavy atom. The van der Waals surface area contributed by atoms with Crippen LogP contribution in [0.15, 0.2) is 0 Å². The van der Waals surface area contributed by atoms with Gasteiger partial charge in [0.05, 0.1) is 12.6 Å². The van der Waals surface area contributed by atoms with Gasteiger partial charge in [-0.3, -0.25) is 4.90 Å². The standard InChI is InChI=1S/C8H13F2NO3/c1-14-6-2-3-11(4-6)5-8(9,10)7(12)13/h6H,2-5H2,1H3,(H,12,13)/t6-/m0/s1. The van der Waals surface area contributed by atoms with Gasteiger partial charge >= 0.3 is 11.9 Å². The number of ether oxygens (including phenoxy) is 1. The highest BCUT2D eigenvalue weighted by Crippen LogP contribution is 2.20. The molecule has 1 N–H and O–H groups in total. The second kappa shape index (κ2) is 4.18. The van der Waals surface area contributed by atoms with Crippen LogP contribution in [0, 0.1) is 0 Å². The van der Waals surface area contributed by atoms with Crippen molar-refractivity contribution >= 4 is 5.97 Å². The molecule has 0 aromatic carbocycles. The van der Waals surface area contributed by atoms with Crippen molar-refractivity contribution in [1.82, 2.24) is 4.90 Å². The predicted molar refractivity (Wildman–Crippen MR) is 44.4 cm³/mol. The average molecular weight is 209 g/mol. The van der Waals surface area contributed by atoms with Crippen LogP contribution in [0.2, 0.25) is 0 Å². The second-order valence-electron chi connectivity index (χ2n) is 3.39. The van der Waals surface area contributed by atoms with Crippen LogP contribution in [0.5, 0.6) is 0 Å². The maximum atomic E-state index is 12.7. The molecule has 0 radical (unpaired) electrons. The summed E-state index contributed by atoms with van der Waals surface area (Å²) >= 11 is 0. The number of alkyl halides is 2. The molecule has 1 atom stereocenters. The molecule has 0 bridgehead atoms. The summed E-state index contributed by atoms with van der Waals surface area (Å²) in [6, 6.07) is 0. The number of hydrogen-bond donors (Lipinski definition) is 1. The fraction of sp³-hybridized carbons (Fsp3) is 0.875. The van der Waals surface area contributed by atoms with Gasteiger partial charge in [0.2, 0.25) is 0 Å². The fourth-order valence-electron chi connectivity index (χ4n) is 1.48. The SMILES string of the molecule is CO[C@H]1CCN(CC(F)(F)C(=O)O)C1. The molecule has 0 aromatic heterocycles. The number of likely N-dealkylation sites (tertiary alicyclic amines) is 1. The lowest BCUT2D eigenvalue weighted by Crippen LogP contribution is -2.41. The van der Waals surface area contributed by atoms with Crippen molar-refractivity contribution < 1.29 is 23.4 Å². The number of hydrogen-bond acceptors (Lipinski definition) is 3. The van der Waals surface area contributed by atoms with Gasteiger partial charge in [-0.2, -0.15) is 8.78 Å². The topological polar surface area (TPSA) is 49.8 Å². The molecular formula is C8H13F2NO3. The fourth-order valence-corrected chi connectivity index (χ4v) is 1.48. The quantitative estimate of drug-likeness (QED) is 0.729. The summed E-state index contributed by atoms with van der Waals surface area (Å²) in [7, 11) is 1.52. The zero-order valence-corrected chi connectivity index (χ0v) is 7.87. The third-order valence-electron chi connectivity index (χ3n) is 2.30. The van der Waals surface area contributed by atoms with Gasteiger partial charge in [-0.15, -0.1) is 0 Å². The first-order valence-electron chi connectivity index (χ1n) is 4.32. The van der Waals surface area contributed by atoms with Crippen molar-refractivity contribution in [2.75, 3.05) is 26.7 Å². The average Bonchev–Trinajstić information content (AvgIpc) is 2.51. The van der Waals surface area contributed by atoms with Gasteiger partial charge in [0.25, 0.3) is 0 Å². The first-order chi connectivity index (χ1) is 6.45. The minimum absolute atomic E-state index is 0.0559. The molecule has 82 valence electrons.